The second-order valence-electron chi connectivity index (χ2n) is 4.89. The van der Waals surface area contributed by atoms with Gasteiger partial charge in [0.1, 0.15) is 17.4 Å². The summed E-state index contributed by atoms with van der Waals surface area (Å²) in [5, 5.41) is 3.05. The van der Waals surface area contributed by atoms with E-state index in [1.807, 2.05) is 24.3 Å². The fourth-order valence-corrected chi connectivity index (χ4v) is 2.34. The standard InChI is InChI=1S/C17H19F2NO/c1-20-17(15-11-13(18)6-9-16(15)19)10-5-12-3-7-14(21-2)8-4-12/h3-4,6-9,11,17,20H,5,10H2,1-2H3. The number of hydrogen-bond acceptors (Lipinski definition) is 2. The van der Waals surface area contributed by atoms with E-state index in [9.17, 15) is 8.78 Å². The van der Waals surface area contributed by atoms with E-state index in [0.717, 1.165) is 23.8 Å². The molecule has 0 fully saturated rings. The normalized spacial score (nSPS) is 12.2. The van der Waals surface area contributed by atoms with Gasteiger partial charge in [-0.25, -0.2) is 8.78 Å². The van der Waals surface area contributed by atoms with Crippen LogP contribution in [0.3, 0.4) is 0 Å². The van der Waals surface area contributed by atoms with Gasteiger partial charge >= 0.3 is 0 Å². The fourth-order valence-electron chi connectivity index (χ4n) is 2.34. The van der Waals surface area contributed by atoms with Gasteiger partial charge in [0.2, 0.25) is 0 Å². The lowest BCUT2D eigenvalue weighted by Gasteiger charge is -2.17. The highest BCUT2D eigenvalue weighted by molar-refractivity contribution is 5.28. The smallest absolute Gasteiger partial charge is 0.128 e. The molecule has 0 radical (unpaired) electrons. The summed E-state index contributed by atoms with van der Waals surface area (Å²) < 4.78 is 32.2. The molecule has 1 atom stereocenters. The van der Waals surface area contributed by atoms with Crippen molar-refractivity contribution in [1.29, 1.82) is 0 Å². The van der Waals surface area contributed by atoms with Gasteiger partial charge in [-0.2, -0.15) is 0 Å². The molecule has 0 aliphatic heterocycles. The third-order valence-electron chi connectivity index (χ3n) is 3.56. The summed E-state index contributed by atoms with van der Waals surface area (Å²) in [5.41, 5.74) is 1.50. The van der Waals surface area contributed by atoms with Crippen LogP contribution in [0.25, 0.3) is 0 Å². The second kappa shape index (κ2) is 7.18. The molecule has 1 N–H and O–H groups in total. The molecule has 0 aromatic heterocycles. The van der Waals surface area contributed by atoms with Crippen LogP contribution in [-0.4, -0.2) is 14.2 Å². The van der Waals surface area contributed by atoms with Crippen molar-refractivity contribution < 1.29 is 13.5 Å². The molecule has 4 heteroatoms. The first-order chi connectivity index (χ1) is 10.1. The highest BCUT2D eigenvalue weighted by Gasteiger charge is 2.15. The van der Waals surface area contributed by atoms with E-state index in [1.165, 1.54) is 12.1 Å². The van der Waals surface area contributed by atoms with Crippen LogP contribution >= 0.6 is 0 Å². The molecule has 21 heavy (non-hydrogen) atoms. The molecule has 2 aromatic carbocycles. The molecule has 2 aromatic rings. The molecule has 112 valence electrons. The van der Waals surface area contributed by atoms with Gasteiger partial charge in [-0.05, 0) is 55.8 Å². The van der Waals surface area contributed by atoms with E-state index in [0.29, 0.717) is 12.0 Å². The van der Waals surface area contributed by atoms with E-state index in [1.54, 1.807) is 14.2 Å². The van der Waals surface area contributed by atoms with Crippen molar-refractivity contribution in [3.63, 3.8) is 0 Å². The van der Waals surface area contributed by atoms with Gasteiger partial charge in [0.15, 0.2) is 0 Å². The van der Waals surface area contributed by atoms with Crippen molar-refractivity contribution in [2.24, 2.45) is 0 Å². The van der Waals surface area contributed by atoms with Gasteiger partial charge < -0.3 is 10.1 Å². The molecule has 0 heterocycles. The molecule has 0 bridgehead atoms. The Hall–Kier alpha value is -1.94. The molecule has 0 aliphatic carbocycles. The molecule has 2 rings (SSSR count). The predicted molar refractivity (Wildman–Crippen MR) is 79.5 cm³/mol. The first-order valence-corrected chi connectivity index (χ1v) is 6.89. The molecule has 0 saturated carbocycles. The highest BCUT2D eigenvalue weighted by Crippen LogP contribution is 2.23. The summed E-state index contributed by atoms with van der Waals surface area (Å²) in [5.74, 6) is 0.00155. The number of methoxy groups -OCH3 is 1. The Bertz CT molecular complexity index is 584. The van der Waals surface area contributed by atoms with Crippen LogP contribution in [0.2, 0.25) is 0 Å². The lowest BCUT2D eigenvalue weighted by molar-refractivity contribution is 0.414. The van der Waals surface area contributed by atoms with Crippen molar-refractivity contribution >= 4 is 0 Å². The van der Waals surface area contributed by atoms with Gasteiger partial charge in [-0.3, -0.25) is 0 Å². The van der Waals surface area contributed by atoms with E-state index in [2.05, 4.69) is 5.32 Å². The Labute approximate surface area is 123 Å². The Balaban J connectivity index is 2.06. The molecule has 2 nitrogen and oxygen atoms in total. The maximum atomic E-state index is 13.8. The van der Waals surface area contributed by atoms with Crippen LogP contribution in [0.1, 0.15) is 23.6 Å². The van der Waals surface area contributed by atoms with Crippen molar-refractivity contribution in [2.75, 3.05) is 14.2 Å². The number of aryl methyl sites for hydroxylation is 1. The third-order valence-corrected chi connectivity index (χ3v) is 3.56. The zero-order chi connectivity index (χ0) is 15.2. The maximum Gasteiger partial charge on any atom is 0.128 e. The fraction of sp³-hybridized carbons (Fsp3) is 0.294. The first kappa shape index (κ1) is 15.4. The summed E-state index contributed by atoms with van der Waals surface area (Å²) in [4.78, 5) is 0. The van der Waals surface area contributed by atoms with Gasteiger partial charge in [-0.1, -0.05) is 12.1 Å². The zero-order valence-corrected chi connectivity index (χ0v) is 12.2. The van der Waals surface area contributed by atoms with Crippen molar-refractivity contribution in [1.82, 2.24) is 5.32 Å². The largest absolute Gasteiger partial charge is 0.497 e. The molecular formula is C17H19F2NO. The number of hydrogen-bond donors (Lipinski definition) is 1. The number of ether oxygens (including phenoxy) is 1. The minimum absolute atomic E-state index is 0.220. The summed E-state index contributed by atoms with van der Waals surface area (Å²) in [6.07, 6.45) is 1.45. The molecular weight excluding hydrogens is 272 g/mol. The van der Waals surface area contributed by atoms with Crippen LogP contribution in [0.15, 0.2) is 42.5 Å². The minimum Gasteiger partial charge on any atom is -0.497 e. The summed E-state index contributed by atoms with van der Waals surface area (Å²) >= 11 is 0. The number of rotatable bonds is 6. The first-order valence-electron chi connectivity index (χ1n) is 6.89. The maximum absolute atomic E-state index is 13.8. The SMILES string of the molecule is CNC(CCc1ccc(OC)cc1)c1cc(F)ccc1F. The Morgan fingerprint density at radius 3 is 2.43 bits per heavy atom. The van der Waals surface area contributed by atoms with E-state index in [4.69, 9.17) is 4.74 Å². The van der Waals surface area contributed by atoms with Crippen molar-refractivity contribution in [3.05, 3.63) is 65.2 Å². The summed E-state index contributed by atoms with van der Waals surface area (Å²) in [6, 6.07) is 11.1. The van der Waals surface area contributed by atoms with Crippen molar-refractivity contribution in [2.45, 2.75) is 18.9 Å². The lowest BCUT2D eigenvalue weighted by Crippen LogP contribution is -2.18. The topological polar surface area (TPSA) is 21.3 Å². The Morgan fingerprint density at radius 1 is 1.10 bits per heavy atom. The molecule has 0 spiro atoms. The van der Waals surface area contributed by atoms with Crippen LogP contribution in [0.5, 0.6) is 5.75 Å². The van der Waals surface area contributed by atoms with Crippen LogP contribution in [0, 0.1) is 11.6 Å². The average molecular weight is 291 g/mol. The lowest BCUT2D eigenvalue weighted by atomic mass is 9.98. The van der Waals surface area contributed by atoms with E-state index in [-0.39, 0.29) is 11.9 Å². The number of benzene rings is 2. The molecule has 1 unspecified atom stereocenters. The van der Waals surface area contributed by atoms with Gasteiger partial charge in [0.05, 0.1) is 7.11 Å². The summed E-state index contributed by atoms with van der Waals surface area (Å²) in [6.45, 7) is 0. The third kappa shape index (κ3) is 4.02. The van der Waals surface area contributed by atoms with E-state index >= 15 is 0 Å². The van der Waals surface area contributed by atoms with Gasteiger partial charge in [-0.15, -0.1) is 0 Å². The van der Waals surface area contributed by atoms with Gasteiger partial charge in [0, 0.05) is 11.6 Å². The monoisotopic (exact) mass is 291 g/mol. The Kier molecular flexibility index (Phi) is 5.28. The van der Waals surface area contributed by atoms with Gasteiger partial charge in [0.25, 0.3) is 0 Å². The average Bonchev–Trinajstić information content (AvgIpc) is 2.51. The predicted octanol–water partition coefficient (Wildman–Crippen LogP) is 3.87. The zero-order valence-electron chi connectivity index (χ0n) is 12.2. The Morgan fingerprint density at radius 2 is 1.81 bits per heavy atom. The van der Waals surface area contributed by atoms with Crippen LogP contribution in [0.4, 0.5) is 8.78 Å². The van der Waals surface area contributed by atoms with Crippen LogP contribution < -0.4 is 10.1 Å². The molecule has 0 aliphatic rings. The quantitative estimate of drug-likeness (QED) is 0.872. The number of halogens is 2. The molecule has 0 saturated heterocycles. The van der Waals surface area contributed by atoms with Crippen molar-refractivity contribution in [3.8, 4) is 5.75 Å². The van der Waals surface area contributed by atoms with Crippen LogP contribution in [-0.2, 0) is 6.42 Å². The minimum atomic E-state index is -0.420. The summed E-state index contributed by atoms with van der Waals surface area (Å²) in [7, 11) is 3.38. The molecule has 0 amide bonds. The second-order valence-corrected chi connectivity index (χ2v) is 4.89. The highest BCUT2D eigenvalue weighted by atomic mass is 19.1. The number of nitrogens with one attached hydrogen (secondary N) is 1. The van der Waals surface area contributed by atoms with E-state index < -0.39 is 5.82 Å².